The highest BCUT2D eigenvalue weighted by Crippen LogP contribution is 2.28. The molecule has 0 saturated heterocycles. The van der Waals surface area contributed by atoms with Crippen LogP contribution in [-0.2, 0) is 0 Å². The monoisotopic (exact) mass is 233 g/mol. The van der Waals surface area contributed by atoms with Crippen LogP contribution in [0.15, 0.2) is 24.5 Å². The molecule has 0 spiro atoms. The van der Waals surface area contributed by atoms with Crippen LogP contribution in [0, 0.1) is 0 Å². The quantitative estimate of drug-likeness (QED) is 0.744. The van der Waals surface area contributed by atoms with Gasteiger partial charge in [-0.05, 0) is 24.6 Å². The first-order valence-corrected chi connectivity index (χ1v) is 5.75. The lowest BCUT2D eigenvalue weighted by atomic mass is 10.0. The normalized spacial score (nSPS) is 16.4. The first-order chi connectivity index (χ1) is 7.84. The molecule has 0 aliphatic carbocycles. The Balaban J connectivity index is 2.16. The Kier molecular flexibility index (Phi) is 2.42. The molecular weight excluding hydrogens is 222 g/mol. The van der Waals surface area contributed by atoms with E-state index >= 15 is 0 Å². The SMILES string of the molecule is Clc1cc2c(C3=CCNCC3)c[nH]c2cn1. The number of rotatable bonds is 1. The summed E-state index contributed by atoms with van der Waals surface area (Å²) in [6.07, 6.45) is 7.12. The summed E-state index contributed by atoms with van der Waals surface area (Å²) in [6.45, 7) is 1.98. The van der Waals surface area contributed by atoms with Gasteiger partial charge in [-0.15, -0.1) is 0 Å². The van der Waals surface area contributed by atoms with Gasteiger partial charge in [-0.1, -0.05) is 17.7 Å². The van der Waals surface area contributed by atoms with E-state index in [1.165, 1.54) is 11.1 Å². The molecule has 2 N–H and O–H groups in total. The first kappa shape index (κ1) is 9.87. The van der Waals surface area contributed by atoms with Crippen molar-refractivity contribution in [2.45, 2.75) is 6.42 Å². The average molecular weight is 234 g/mol. The van der Waals surface area contributed by atoms with E-state index < -0.39 is 0 Å². The molecule has 3 nitrogen and oxygen atoms in total. The van der Waals surface area contributed by atoms with Crippen molar-refractivity contribution in [2.75, 3.05) is 13.1 Å². The molecule has 0 saturated carbocycles. The minimum atomic E-state index is 0.544. The number of nitrogens with one attached hydrogen (secondary N) is 2. The molecule has 0 unspecified atom stereocenters. The van der Waals surface area contributed by atoms with Gasteiger partial charge in [0.2, 0.25) is 0 Å². The van der Waals surface area contributed by atoms with Gasteiger partial charge in [-0.25, -0.2) is 4.98 Å². The van der Waals surface area contributed by atoms with Gasteiger partial charge in [0, 0.05) is 23.7 Å². The number of pyridine rings is 1. The van der Waals surface area contributed by atoms with Gasteiger partial charge in [-0.2, -0.15) is 0 Å². The van der Waals surface area contributed by atoms with Gasteiger partial charge in [0.05, 0.1) is 11.7 Å². The second kappa shape index (κ2) is 3.92. The van der Waals surface area contributed by atoms with Gasteiger partial charge in [0.15, 0.2) is 0 Å². The van der Waals surface area contributed by atoms with Gasteiger partial charge in [0.1, 0.15) is 5.15 Å². The van der Waals surface area contributed by atoms with E-state index in [9.17, 15) is 0 Å². The van der Waals surface area contributed by atoms with Gasteiger partial charge in [0.25, 0.3) is 0 Å². The predicted octanol–water partition coefficient (Wildman–Crippen LogP) is 2.59. The molecule has 0 radical (unpaired) electrons. The summed E-state index contributed by atoms with van der Waals surface area (Å²) in [5.41, 5.74) is 3.67. The fourth-order valence-electron chi connectivity index (χ4n) is 2.13. The summed E-state index contributed by atoms with van der Waals surface area (Å²) in [7, 11) is 0. The zero-order valence-electron chi connectivity index (χ0n) is 8.76. The number of hydrogen-bond acceptors (Lipinski definition) is 2. The molecule has 82 valence electrons. The molecule has 1 aliphatic heterocycles. The fraction of sp³-hybridized carbons (Fsp3) is 0.250. The lowest BCUT2D eigenvalue weighted by Gasteiger charge is -2.13. The van der Waals surface area contributed by atoms with E-state index in [1.54, 1.807) is 6.20 Å². The zero-order chi connectivity index (χ0) is 11.0. The lowest BCUT2D eigenvalue weighted by molar-refractivity contribution is 0.739. The molecule has 0 bridgehead atoms. The minimum absolute atomic E-state index is 0.544. The maximum atomic E-state index is 5.93. The van der Waals surface area contributed by atoms with Crippen molar-refractivity contribution in [3.05, 3.63) is 35.3 Å². The highest BCUT2D eigenvalue weighted by molar-refractivity contribution is 6.30. The smallest absolute Gasteiger partial charge is 0.129 e. The van der Waals surface area contributed by atoms with Crippen LogP contribution in [-0.4, -0.2) is 23.1 Å². The van der Waals surface area contributed by atoms with E-state index in [2.05, 4.69) is 21.4 Å². The Hall–Kier alpha value is -1.32. The Morgan fingerprint density at radius 2 is 2.31 bits per heavy atom. The summed E-state index contributed by atoms with van der Waals surface area (Å²) in [5, 5.41) is 5.02. The summed E-state index contributed by atoms with van der Waals surface area (Å²) in [5.74, 6) is 0. The third kappa shape index (κ3) is 1.62. The summed E-state index contributed by atoms with van der Waals surface area (Å²) >= 11 is 5.93. The maximum Gasteiger partial charge on any atom is 0.129 e. The van der Waals surface area contributed by atoms with Crippen LogP contribution in [0.4, 0.5) is 0 Å². The van der Waals surface area contributed by atoms with Crippen molar-refractivity contribution in [3.8, 4) is 0 Å². The largest absolute Gasteiger partial charge is 0.359 e. The van der Waals surface area contributed by atoms with E-state index in [1.807, 2.05) is 12.3 Å². The number of hydrogen-bond donors (Lipinski definition) is 2. The van der Waals surface area contributed by atoms with Crippen LogP contribution in [0.1, 0.15) is 12.0 Å². The molecule has 0 amide bonds. The second-order valence-electron chi connectivity index (χ2n) is 3.94. The fourth-order valence-corrected chi connectivity index (χ4v) is 2.29. The van der Waals surface area contributed by atoms with Gasteiger partial charge < -0.3 is 10.3 Å². The number of nitrogens with zero attached hydrogens (tertiary/aromatic N) is 1. The van der Waals surface area contributed by atoms with Crippen molar-refractivity contribution >= 4 is 28.1 Å². The van der Waals surface area contributed by atoms with Crippen LogP contribution < -0.4 is 5.32 Å². The van der Waals surface area contributed by atoms with Crippen LogP contribution in [0.5, 0.6) is 0 Å². The van der Waals surface area contributed by atoms with Crippen LogP contribution >= 0.6 is 11.6 Å². The van der Waals surface area contributed by atoms with E-state index in [0.717, 1.165) is 30.4 Å². The molecule has 3 rings (SSSR count). The lowest BCUT2D eigenvalue weighted by Crippen LogP contribution is -2.19. The topological polar surface area (TPSA) is 40.7 Å². The predicted molar refractivity (Wildman–Crippen MR) is 66.6 cm³/mol. The number of aromatic nitrogens is 2. The van der Waals surface area contributed by atoms with Crippen molar-refractivity contribution in [1.82, 2.24) is 15.3 Å². The van der Waals surface area contributed by atoms with Crippen molar-refractivity contribution in [2.24, 2.45) is 0 Å². The molecule has 4 heteroatoms. The number of halogens is 1. The molecule has 2 aromatic heterocycles. The molecule has 0 aromatic carbocycles. The zero-order valence-corrected chi connectivity index (χ0v) is 9.51. The molecule has 2 aromatic rings. The third-order valence-electron chi connectivity index (χ3n) is 2.94. The van der Waals surface area contributed by atoms with Crippen molar-refractivity contribution in [1.29, 1.82) is 0 Å². The molecule has 1 aliphatic rings. The standard InChI is InChI=1S/C12H12ClN3/c13-12-5-9-10(6-15-11(9)7-16-12)8-1-3-14-4-2-8/h1,5-7,14-15H,2-4H2. The highest BCUT2D eigenvalue weighted by atomic mass is 35.5. The van der Waals surface area contributed by atoms with Crippen molar-refractivity contribution in [3.63, 3.8) is 0 Å². The second-order valence-corrected chi connectivity index (χ2v) is 4.33. The Bertz CT molecular complexity index is 556. The number of aromatic amines is 1. The van der Waals surface area contributed by atoms with Gasteiger partial charge >= 0.3 is 0 Å². The summed E-state index contributed by atoms with van der Waals surface area (Å²) in [4.78, 5) is 7.30. The van der Waals surface area contributed by atoms with E-state index in [-0.39, 0.29) is 0 Å². The van der Waals surface area contributed by atoms with Crippen LogP contribution in [0.3, 0.4) is 0 Å². The first-order valence-electron chi connectivity index (χ1n) is 5.37. The summed E-state index contributed by atoms with van der Waals surface area (Å²) < 4.78 is 0. The third-order valence-corrected chi connectivity index (χ3v) is 3.15. The molecule has 0 atom stereocenters. The Morgan fingerprint density at radius 3 is 3.12 bits per heavy atom. The number of H-pyrrole nitrogens is 1. The Labute approximate surface area is 98.5 Å². The molecule has 3 heterocycles. The molecule has 16 heavy (non-hydrogen) atoms. The van der Waals surface area contributed by atoms with Gasteiger partial charge in [-0.3, -0.25) is 0 Å². The maximum absolute atomic E-state index is 5.93. The van der Waals surface area contributed by atoms with Crippen molar-refractivity contribution < 1.29 is 0 Å². The average Bonchev–Trinajstić information content (AvgIpc) is 2.73. The number of fused-ring (bicyclic) bond motifs is 1. The van der Waals surface area contributed by atoms with Crippen LogP contribution in [0.25, 0.3) is 16.5 Å². The minimum Gasteiger partial charge on any atom is -0.359 e. The van der Waals surface area contributed by atoms with E-state index in [4.69, 9.17) is 11.6 Å². The molecule has 0 fully saturated rings. The summed E-state index contributed by atoms with van der Waals surface area (Å²) in [6, 6.07) is 1.92. The Morgan fingerprint density at radius 1 is 1.38 bits per heavy atom. The van der Waals surface area contributed by atoms with Crippen LogP contribution in [0.2, 0.25) is 5.15 Å². The molecular formula is C12H12ClN3. The van der Waals surface area contributed by atoms with E-state index in [0.29, 0.717) is 5.15 Å². The highest BCUT2D eigenvalue weighted by Gasteiger charge is 2.11.